The van der Waals surface area contributed by atoms with Gasteiger partial charge in [0.05, 0.1) is 0 Å². The first-order chi connectivity index (χ1) is 11.9. The van der Waals surface area contributed by atoms with E-state index in [0.29, 0.717) is 29.4 Å². The van der Waals surface area contributed by atoms with E-state index in [1.54, 1.807) is 0 Å². The second-order valence-corrected chi connectivity index (χ2v) is 9.17. The third-order valence-corrected chi connectivity index (χ3v) is 8.11. The van der Waals surface area contributed by atoms with Crippen molar-refractivity contribution in [2.75, 3.05) is 5.33 Å². The first kappa shape index (κ1) is 17.4. The summed E-state index contributed by atoms with van der Waals surface area (Å²) in [5.74, 6) is 2.52. The van der Waals surface area contributed by atoms with Crippen LogP contribution in [-0.2, 0) is 16.0 Å². The Hall–Kier alpha value is -1.03. The van der Waals surface area contributed by atoms with Gasteiger partial charge in [-0.25, -0.2) is 0 Å². The molecule has 6 atom stereocenters. The van der Waals surface area contributed by atoms with E-state index in [4.69, 9.17) is 4.74 Å². The molecule has 2 fully saturated rings. The van der Waals surface area contributed by atoms with Gasteiger partial charge in [-0.3, -0.25) is 4.79 Å². The van der Waals surface area contributed by atoms with E-state index < -0.39 is 0 Å². The van der Waals surface area contributed by atoms with Gasteiger partial charge in [0.25, 0.3) is 0 Å². The van der Waals surface area contributed by atoms with Crippen LogP contribution in [0.15, 0.2) is 18.2 Å². The zero-order chi connectivity index (χ0) is 17.8. The van der Waals surface area contributed by atoms with E-state index in [2.05, 4.69) is 28.9 Å². The Morgan fingerprint density at radius 1 is 1.40 bits per heavy atom. The van der Waals surface area contributed by atoms with Crippen LogP contribution < -0.4 is 0 Å². The molecule has 0 amide bonds. The molecule has 2 saturated carbocycles. The molecule has 0 aromatic heterocycles. The third-order valence-electron chi connectivity index (χ3n) is 7.27. The number of benzene rings is 1. The van der Waals surface area contributed by atoms with Crippen molar-refractivity contribution in [2.24, 2.45) is 23.2 Å². The zero-order valence-electron chi connectivity index (χ0n) is 15.0. The van der Waals surface area contributed by atoms with Crippen molar-refractivity contribution in [3.63, 3.8) is 0 Å². The number of aryl methyl sites for hydroxylation is 1. The molecule has 0 radical (unpaired) electrons. The van der Waals surface area contributed by atoms with Crippen LogP contribution in [0.4, 0.5) is 0 Å². The number of carbonyl (C=O) groups is 1. The number of fused-ring (bicyclic) bond motifs is 5. The fourth-order valence-electron chi connectivity index (χ4n) is 6.26. The first-order valence-electron chi connectivity index (χ1n) is 9.49. The average Bonchev–Trinajstić information content (AvgIpc) is 2.86. The third kappa shape index (κ3) is 2.72. The summed E-state index contributed by atoms with van der Waals surface area (Å²) < 4.78 is 5.85. The van der Waals surface area contributed by atoms with E-state index in [0.717, 1.165) is 31.0 Å². The van der Waals surface area contributed by atoms with Crippen molar-refractivity contribution in [1.82, 2.24) is 0 Å². The Kier molecular flexibility index (Phi) is 4.38. The lowest BCUT2D eigenvalue weighted by Crippen LogP contribution is -2.46. The van der Waals surface area contributed by atoms with Crippen LogP contribution in [0.3, 0.4) is 0 Å². The topological polar surface area (TPSA) is 46.5 Å². The number of phenols is 1. The van der Waals surface area contributed by atoms with Crippen molar-refractivity contribution < 1.29 is 14.6 Å². The zero-order valence-corrected chi connectivity index (χ0v) is 16.6. The lowest BCUT2D eigenvalue weighted by molar-refractivity contribution is -0.157. The number of esters is 1. The summed E-state index contributed by atoms with van der Waals surface area (Å²) in [6.07, 6.45) is 5.69. The molecule has 3 aliphatic rings. The predicted octanol–water partition coefficient (Wildman–Crippen LogP) is 4.80. The summed E-state index contributed by atoms with van der Waals surface area (Å²) in [6.45, 7) is 3.90. The van der Waals surface area contributed by atoms with Gasteiger partial charge in [-0.2, -0.15) is 0 Å². The fraction of sp³-hybridized carbons (Fsp3) is 0.667. The Bertz CT molecular complexity index is 688. The molecule has 1 N–H and O–H groups in total. The van der Waals surface area contributed by atoms with Crippen molar-refractivity contribution in [2.45, 2.75) is 58.0 Å². The van der Waals surface area contributed by atoms with Gasteiger partial charge in [-0.15, -0.1) is 0 Å². The Labute approximate surface area is 158 Å². The van der Waals surface area contributed by atoms with E-state index >= 15 is 0 Å². The monoisotopic (exact) mass is 406 g/mol. The standard InChI is InChI=1S/C21H27BrO3/c1-12(23)25-20-14(11-22)10-19-18-5-3-13-9-15(24)4-6-16(13)17(18)7-8-21(19,20)2/h4,6,9,14,17-20,24H,3,5,7-8,10-11H2,1-2H3/t14-,17+,18+,19-,20+,21-/m0/s1. The largest absolute Gasteiger partial charge is 0.508 e. The highest BCUT2D eigenvalue weighted by Crippen LogP contribution is 2.63. The minimum atomic E-state index is -0.149. The van der Waals surface area contributed by atoms with Gasteiger partial charge in [0, 0.05) is 23.6 Å². The molecule has 0 bridgehead atoms. The summed E-state index contributed by atoms with van der Waals surface area (Å²) in [6, 6.07) is 5.94. The molecule has 0 spiro atoms. The van der Waals surface area contributed by atoms with Crippen LogP contribution in [0, 0.1) is 23.2 Å². The van der Waals surface area contributed by atoms with Crippen LogP contribution >= 0.6 is 15.9 Å². The van der Waals surface area contributed by atoms with E-state index in [-0.39, 0.29) is 17.5 Å². The van der Waals surface area contributed by atoms with Crippen molar-refractivity contribution in [1.29, 1.82) is 0 Å². The summed E-state index contributed by atoms with van der Waals surface area (Å²) in [5.41, 5.74) is 2.87. The van der Waals surface area contributed by atoms with Gasteiger partial charge in [0.15, 0.2) is 0 Å². The number of ether oxygens (including phenoxy) is 1. The van der Waals surface area contributed by atoms with Crippen LogP contribution in [0.25, 0.3) is 0 Å². The number of rotatable bonds is 2. The second kappa shape index (κ2) is 6.29. The predicted molar refractivity (Wildman–Crippen MR) is 101 cm³/mol. The van der Waals surface area contributed by atoms with Crippen molar-refractivity contribution >= 4 is 21.9 Å². The van der Waals surface area contributed by atoms with Gasteiger partial charge < -0.3 is 9.84 Å². The number of hydrogen-bond acceptors (Lipinski definition) is 3. The minimum absolute atomic E-state index is 0.0385. The molecule has 1 aromatic carbocycles. The van der Waals surface area contributed by atoms with Crippen LogP contribution in [0.1, 0.15) is 56.6 Å². The second-order valence-electron chi connectivity index (χ2n) is 8.52. The maximum atomic E-state index is 11.7. The number of halogens is 1. The first-order valence-corrected chi connectivity index (χ1v) is 10.6. The van der Waals surface area contributed by atoms with Crippen molar-refractivity contribution in [3.8, 4) is 5.75 Å². The van der Waals surface area contributed by atoms with Crippen LogP contribution in [-0.4, -0.2) is 22.5 Å². The van der Waals surface area contributed by atoms with Gasteiger partial charge in [-0.1, -0.05) is 28.9 Å². The van der Waals surface area contributed by atoms with Gasteiger partial charge >= 0.3 is 5.97 Å². The SMILES string of the molecule is CC(=O)O[C@@H]1[C@H](CBr)C[C@H]2[C@@H]3CCc4cc(O)ccc4[C@H]3CC[C@]12C. The average molecular weight is 407 g/mol. The lowest BCUT2D eigenvalue weighted by atomic mass is 9.55. The molecule has 1 aromatic rings. The molecular weight excluding hydrogens is 380 g/mol. The molecule has 0 heterocycles. The highest BCUT2D eigenvalue weighted by Gasteiger charge is 2.59. The van der Waals surface area contributed by atoms with Gasteiger partial charge in [-0.05, 0) is 73.1 Å². The Balaban J connectivity index is 1.67. The van der Waals surface area contributed by atoms with Crippen molar-refractivity contribution in [3.05, 3.63) is 29.3 Å². The highest BCUT2D eigenvalue weighted by atomic mass is 79.9. The lowest BCUT2D eigenvalue weighted by Gasteiger charge is -2.50. The molecule has 3 aliphatic carbocycles. The smallest absolute Gasteiger partial charge is 0.302 e. The van der Waals surface area contributed by atoms with Gasteiger partial charge in [0.2, 0.25) is 0 Å². The quantitative estimate of drug-likeness (QED) is 0.566. The number of phenolic OH excluding ortho intramolecular Hbond substituents is 1. The summed E-state index contributed by atoms with van der Waals surface area (Å²) in [4.78, 5) is 11.7. The molecule has 4 heteroatoms. The molecule has 4 rings (SSSR count). The summed E-state index contributed by atoms with van der Waals surface area (Å²) in [5, 5.41) is 10.7. The van der Waals surface area contributed by atoms with E-state index in [9.17, 15) is 9.90 Å². The highest BCUT2D eigenvalue weighted by molar-refractivity contribution is 9.09. The number of hydrogen-bond donors (Lipinski definition) is 1. The van der Waals surface area contributed by atoms with E-state index in [1.807, 2.05) is 12.1 Å². The van der Waals surface area contributed by atoms with E-state index in [1.165, 1.54) is 24.5 Å². The Morgan fingerprint density at radius 3 is 2.92 bits per heavy atom. The maximum absolute atomic E-state index is 11.7. The van der Waals surface area contributed by atoms with Crippen LogP contribution in [0.5, 0.6) is 5.75 Å². The normalized spacial score (nSPS) is 39.2. The molecule has 3 nitrogen and oxygen atoms in total. The Morgan fingerprint density at radius 2 is 2.20 bits per heavy atom. The number of aromatic hydroxyl groups is 1. The molecule has 136 valence electrons. The molecule has 0 saturated heterocycles. The fourth-order valence-corrected chi connectivity index (χ4v) is 6.86. The molecule has 0 unspecified atom stereocenters. The van der Waals surface area contributed by atoms with Crippen LogP contribution in [0.2, 0.25) is 0 Å². The molecule has 25 heavy (non-hydrogen) atoms. The molecular formula is C21H27BrO3. The summed E-state index contributed by atoms with van der Waals surface area (Å²) >= 11 is 3.67. The summed E-state index contributed by atoms with van der Waals surface area (Å²) in [7, 11) is 0. The minimum Gasteiger partial charge on any atom is -0.508 e. The number of alkyl halides is 1. The van der Waals surface area contributed by atoms with Gasteiger partial charge in [0.1, 0.15) is 11.9 Å². The maximum Gasteiger partial charge on any atom is 0.302 e. The number of carbonyl (C=O) groups excluding carboxylic acids is 1. The molecule has 0 aliphatic heterocycles.